The van der Waals surface area contributed by atoms with Crippen LogP contribution < -0.4 is 4.74 Å². The van der Waals surface area contributed by atoms with Crippen molar-refractivity contribution < 1.29 is 22.8 Å². The summed E-state index contributed by atoms with van der Waals surface area (Å²) in [6.07, 6.45) is 11.8. The molecule has 2 aromatic rings. The first-order valence-electron chi connectivity index (χ1n) is 10.5. The molecule has 0 bridgehead atoms. The lowest BCUT2D eigenvalue weighted by molar-refractivity contribution is 0.440. The molecule has 0 aliphatic carbocycles. The van der Waals surface area contributed by atoms with Crippen LogP contribution in [0.4, 0.5) is 0 Å². The number of hydrogen-bond acceptors (Lipinski definition) is 4. The molecule has 0 atom stereocenters. The summed E-state index contributed by atoms with van der Waals surface area (Å²) >= 11 is 0. The number of ether oxygens (including phenoxy) is 1. The minimum Gasteiger partial charge on any atom is -0.508 e. The highest BCUT2D eigenvalue weighted by Crippen LogP contribution is 2.33. The van der Waals surface area contributed by atoms with Crippen molar-refractivity contribution >= 4 is 10.1 Å². The Balaban J connectivity index is 1.87. The van der Waals surface area contributed by atoms with Gasteiger partial charge in [0.15, 0.2) is 0 Å². The summed E-state index contributed by atoms with van der Waals surface area (Å²) in [5.41, 5.74) is 0.759. The Hall–Kier alpha value is -2.05. The zero-order valence-electron chi connectivity index (χ0n) is 17.1. The molecule has 0 fully saturated rings. The van der Waals surface area contributed by atoms with Gasteiger partial charge in [-0.3, -0.25) is 4.55 Å². The van der Waals surface area contributed by atoms with Gasteiger partial charge < -0.3 is 9.84 Å². The molecule has 0 aliphatic rings. The molecular formula is C23H32O5S. The predicted octanol–water partition coefficient (Wildman–Crippen LogP) is 6.50. The summed E-state index contributed by atoms with van der Waals surface area (Å²) < 4.78 is 37.2. The van der Waals surface area contributed by atoms with E-state index in [4.69, 9.17) is 9.29 Å². The third kappa shape index (κ3) is 8.07. The largest absolute Gasteiger partial charge is 0.508 e. The fourth-order valence-electron chi connectivity index (χ4n) is 3.32. The second kappa shape index (κ2) is 11.8. The molecule has 0 spiro atoms. The Morgan fingerprint density at radius 2 is 1.41 bits per heavy atom. The number of hydrogen-bond donors (Lipinski definition) is 2. The average molecular weight is 421 g/mol. The van der Waals surface area contributed by atoms with Crippen LogP contribution in [0.15, 0.2) is 47.4 Å². The van der Waals surface area contributed by atoms with Crippen molar-refractivity contribution in [2.24, 2.45) is 0 Å². The van der Waals surface area contributed by atoms with Gasteiger partial charge in [0.05, 0.1) is 4.90 Å². The third-order valence-electron chi connectivity index (χ3n) is 4.99. The van der Waals surface area contributed by atoms with E-state index < -0.39 is 10.1 Å². The van der Waals surface area contributed by atoms with Gasteiger partial charge in [-0.15, -0.1) is 0 Å². The molecule has 2 aromatic carbocycles. The van der Waals surface area contributed by atoms with Crippen LogP contribution in [0.1, 0.15) is 70.3 Å². The molecule has 0 radical (unpaired) electrons. The van der Waals surface area contributed by atoms with Crippen LogP contribution in [0, 0.1) is 0 Å². The highest BCUT2D eigenvalue weighted by Gasteiger charge is 2.12. The quantitative estimate of drug-likeness (QED) is 0.285. The Kier molecular flexibility index (Phi) is 9.48. The summed E-state index contributed by atoms with van der Waals surface area (Å²) in [7, 11) is -4.23. The van der Waals surface area contributed by atoms with Gasteiger partial charge in [0, 0.05) is 5.56 Å². The Bertz CT molecular complexity index is 844. The van der Waals surface area contributed by atoms with Crippen molar-refractivity contribution in [3.8, 4) is 17.2 Å². The first-order chi connectivity index (χ1) is 13.9. The normalized spacial score (nSPS) is 11.5. The van der Waals surface area contributed by atoms with E-state index in [0.717, 1.165) is 24.8 Å². The molecule has 0 saturated carbocycles. The number of aromatic hydroxyl groups is 1. The minimum absolute atomic E-state index is 0.185. The van der Waals surface area contributed by atoms with E-state index >= 15 is 0 Å². The second-order valence-corrected chi connectivity index (χ2v) is 8.80. The lowest BCUT2D eigenvalue weighted by Crippen LogP contribution is -1.98. The molecule has 160 valence electrons. The topological polar surface area (TPSA) is 83.8 Å². The lowest BCUT2D eigenvalue weighted by atomic mass is 10.0. The highest BCUT2D eigenvalue weighted by atomic mass is 32.2. The van der Waals surface area contributed by atoms with Crippen molar-refractivity contribution in [2.75, 3.05) is 0 Å². The maximum Gasteiger partial charge on any atom is 0.294 e. The van der Waals surface area contributed by atoms with Crippen molar-refractivity contribution in [3.63, 3.8) is 0 Å². The van der Waals surface area contributed by atoms with E-state index in [2.05, 4.69) is 6.92 Å². The van der Waals surface area contributed by atoms with Crippen LogP contribution in [0.2, 0.25) is 0 Å². The lowest BCUT2D eigenvalue weighted by Gasteiger charge is -2.13. The standard InChI is InChI=1S/C23H32O5S/c1-2-3-4-5-6-7-8-9-10-12-21-22(24)13-11-14-23(21)28-19-15-17-20(18-16-19)29(25,26)27/h11,13-18,24H,2-10,12H2,1H3,(H,25,26,27). The van der Waals surface area contributed by atoms with Crippen LogP contribution >= 0.6 is 0 Å². The first kappa shape index (κ1) is 23.2. The van der Waals surface area contributed by atoms with Gasteiger partial charge in [0.2, 0.25) is 0 Å². The van der Waals surface area contributed by atoms with Gasteiger partial charge in [-0.2, -0.15) is 8.42 Å². The zero-order chi connectivity index (χ0) is 21.1. The van der Waals surface area contributed by atoms with Crippen molar-refractivity contribution in [3.05, 3.63) is 48.0 Å². The summed E-state index contributed by atoms with van der Waals surface area (Å²) in [4.78, 5) is -0.185. The molecule has 0 aromatic heterocycles. The summed E-state index contributed by atoms with van der Waals surface area (Å²) in [5.74, 6) is 1.21. The highest BCUT2D eigenvalue weighted by molar-refractivity contribution is 7.85. The van der Waals surface area contributed by atoms with Gasteiger partial charge in [0.25, 0.3) is 10.1 Å². The number of rotatable bonds is 13. The second-order valence-electron chi connectivity index (χ2n) is 7.38. The average Bonchev–Trinajstić information content (AvgIpc) is 2.68. The monoisotopic (exact) mass is 420 g/mol. The number of unbranched alkanes of at least 4 members (excludes halogenated alkanes) is 8. The minimum atomic E-state index is -4.23. The summed E-state index contributed by atoms with van der Waals surface area (Å²) in [5, 5.41) is 10.3. The molecule has 0 saturated heterocycles. The molecule has 0 aliphatic heterocycles. The fraction of sp³-hybridized carbons (Fsp3) is 0.478. The maximum absolute atomic E-state index is 11.1. The summed E-state index contributed by atoms with van der Waals surface area (Å²) in [6, 6.07) is 10.7. The number of phenols is 1. The van der Waals surface area contributed by atoms with E-state index in [0.29, 0.717) is 11.5 Å². The van der Waals surface area contributed by atoms with Crippen molar-refractivity contribution in [1.82, 2.24) is 0 Å². The van der Waals surface area contributed by atoms with E-state index in [1.54, 1.807) is 18.2 Å². The van der Waals surface area contributed by atoms with E-state index in [-0.39, 0.29) is 10.6 Å². The van der Waals surface area contributed by atoms with Gasteiger partial charge in [-0.25, -0.2) is 0 Å². The maximum atomic E-state index is 11.1. The molecule has 0 unspecified atom stereocenters. The van der Waals surface area contributed by atoms with Crippen molar-refractivity contribution in [1.29, 1.82) is 0 Å². The van der Waals surface area contributed by atoms with Crippen molar-refractivity contribution in [2.45, 2.75) is 76.0 Å². The van der Waals surface area contributed by atoms with E-state index in [1.807, 2.05) is 0 Å². The number of benzene rings is 2. The number of phenolic OH excluding ortho intramolecular Hbond substituents is 1. The van der Waals surface area contributed by atoms with Gasteiger partial charge >= 0.3 is 0 Å². The smallest absolute Gasteiger partial charge is 0.294 e. The van der Waals surface area contributed by atoms with Gasteiger partial charge in [-0.1, -0.05) is 64.4 Å². The molecule has 5 nitrogen and oxygen atoms in total. The van der Waals surface area contributed by atoms with E-state index in [9.17, 15) is 13.5 Å². The molecule has 6 heteroatoms. The fourth-order valence-corrected chi connectivity index (χ4v) is 3.80. The van der Waals surface area contributed by atoms with Crippen LogP contribution in [-0.4, -0.2) is 18.1 Å². The SMILES string of the molecule is CCCCCCCCCCCc1c(O)cccc1Oc1ccc(S(=O)(=O)O)cc1. The molecular weight excluding hydrogens is 388 g/mol. The van der Waals surface area contributed by atoms with Crippen LogP contribution in [-0.2, 0) is 16.5 Å². The Labute approximate surface area is 174 Å². The Morgan fingerprint density at radius 3 is 2.00 bits per heavy atom. The van der Waals surface area contributed by atoms with Gasteiger partial charge in [-0.05, 0) is 49.2 Å². The molecule has 2 rings (SSSR count). The molecule has 29 heavy (non-hydrogen) atoms. The van der Waals surface area contributed by atoms with Crippen LogP contribution in [0.3, 0.4) is 0 Å². The first-order valence-corrected chi connectivity index (χ1v) is 11.9. The molecule has 2 N–H and O–H groups in total. The molecule has 0 amide bonds. The van der Waals surface area contributed by atoms with E-state index in [1.165, 1.54) is 69.2 Å². The van der Waals surface area contributed by atoms with Crippen LogP contribution in [0.25, 0.3) is 0 Å². The Morgan fingerprint density at radius 1 is 0.828 bits per heavy atom. The van der Waals surface area contributed by atoms with Crippen LogP contribution in [0.5, 0.6) is 17.2 Å². The molecule has 0 heterocycles. The predicted molar refractivity (Wildman–Crippen MR) is 115 cm³/mol. The zero-order valence-corrected chi connectivity index (χ0v) is 18.0. The third-order valence-corrected chi connectivity index (χ3v) is 5.86. The summed E-state index contributed by atoms with van der Waals surface area (Å²) in [6.45, 7) is 2.23. The van der Waals surface area contributed by atoms with Gasteiger partial charge in [0.1, 0.15) is 17.2 Å².